The maximum Gasteiger partial charge on any atom is 0.241 e. The zero-order valence-corrected chi connectivity index (χ0v) is 14.5. The minimum Gasteiger partial charge on any atom is -0.492 e. The second-order valence-corrected chi connectivity index (χ2v) is 6.85. The fourth-order valence-electron chi connectivity index (χ4n) is 1.68. The molecule has 0 aromatic heterocycles. The fraction of sp³-hybridized carbons (Fsp3) is 0.538. The van der Waals surface area contributed by atoms with Gasteiger partial charge in [-0.2, -0.15) is 0 Å². The SMILES string of the molecule is COCCOCCCOc1c(C)cc(Br)cc1S(N)(=O)=O. The zero-order chi connectivity index (χ0) is 15.9. The number of hydrogen-bond donors (Lipinski definition) is 1. The van der Waals surface area contributed by atoms with Gasteiger partial charge in [0.15, 0.2) is 0 Å². The average Bonchev–Trinajstić information content (AvgIpc) is 2.38. The van der Waals surface area contributed by atoms with E-state index in [1.54, 1.807) is 20.1 Å². The smallest absolute Gasteiger partial charge is 0.241 e. The van der Waals surface area contributed by atoms with E-state index in [4.69, 9.17) is 19.3 Å². The van der Waals surface area contributed by atoms with Crippen molar-refractivity contribution in [3.8, 4) is 5.75 Å². The van der Waals surface area contributed by atoms with Crippen molar-refractivity contribution in [2.24, 2.45) is 5.14 Å². The lowest BCUT2D eigenvalue weighted by Gasteiger charge is -2.13. The molecule has 1 rings (SSSR count). The molecule has 120 valence electrons. The number of methoxy groups -OCH3 is 1. The molecule has 0 aliphatic rings. The predicted octanol–water partition coefficient (Wildman–Crippen LogP) is 1.84. The molecule has 1 aromatic carbocycles. The van der Waals surface area contributed by atoms with Crippen LogP contribution in [0.25, 0.3) is 0 Å². The Hall–Kier alpha value is -0.670. The summed E-state index contributed by atoms with van der Waals surface area (Å²) in [5.74, 6) is 0.289. The van der Waals surface area contributed by atoms with E-state index < -0.39 is 10.0 Å². The van der Waals surface area contributed by atoms with Gasteiger partial charge in [-0.15, -0.1) is 0 Å². The Morgan fingerprint density at radius 3 is 2.52 bits per heavy atom. The molecule has 0 fully saturated rings. The highest BCUT2D eigenvalue weighted by molar-refractivity contribution is 9.10. The normalized spacial score (nSPS) is 11.6. The first-order valence-corrected chi connectivity index (χ1v) is 8.72. The molecule has 0 saturated heterocycles. The highest BCUT2D eigenvalue weighted by atomic mass is 79.9. The zero-order valence-electron chi connectivity index (χ0n) is 12.1. The number of halogens is 1. The Balaban J connectivity index is 2.63. The third-order valence-electron chi connectivity index (χ3n) is 2.62. The van der Waals surface area contributed by atoms with Crippen molar-refractivity contribution < 1.29 is 22.6 Å². The van der Waals surface area contributed by atoms with E-state index in [1.807, 2.05) is 0 Å². The molecule has 0 aliphatic heterocycles. The highest BCUT2D eigenvalue weighted by Gasteiger charge is 2.18. The van der Waals surface area contributed by atoms with Gasteiger partial charge in [-0.3, -0.25) is 0 Å². The molecule has 0 saturated carbocycles. The molecule has 0 unspecified atom stereocenters. The van der Waals surface area contributed by atoms with Crippen LogP contribution in [-0.2, 0) is 19.5 Å². The third-order valence-corrected chi connectivity index (χ3v) is 4.00. The van der Waals surface area contributed by atoms with Gasteiger partial charge >= 0.3 is 0 Å². The van der Waals surface area contributed by atoms with Gasteiger partial charge in [0.2, 0.25) is 10.0 Å². The molecular weight excluding hydrogens is 362 g/mol. The maximum absolute atomic E-state index is 11.6. The highest BCUT2D eigenvalue weighted by Crippen LogP contribution is 2.30. The second-order valence-electron chi connectivity index (χ2n) is 4.40. The van der Waals surface area contributed by atoms with E-state index in [0.29, 0.717) is 42.9 Å². The number of hydrogen-bond acceptors (Lipinski definition) is 5. The summed E-state index contributed by atoms with van der Waals surface area (Å²) in [6.07, 6.45) is 0.642. The number of benzene rings is 1. The standard InChI is InChI=1S/C13H20BrNO5S/c1-10-8-11(14)9-12(21(15,16)17)13(10)20-5-3-4-19-7-6-18-2/h8-9H,3-7H2,1-2H3,(H2,15,16,17). The molecule has 1 aromatic rings. The van der Waals surface area contributed by atoms with Gasteiger partial charge in [0, 0.05) is 24.6 Å². The first kappa shape index (κ1) is 18.4. The van der Waals surface area contributed by atoms with Crippen LogP contribution in [0.3, 0.4) is 0 Å². The topological polar surface area (TPSA) is 87.8 Å². The Kier molecular flexibility index (Phi) is 7.61. The first-order valence-electron chi connectivity index (χ1n) is 6.38. The van der Waals surface area contributed by atoms with Crippen LogP contribution in [0, 0.1) is 6.92 Å². The van der Waals surface area contributed by atoms with Gasteiger partial charge in [-0.1, -0.05) is 15.9 Å². The summed E-state index contributed by atoms with van der Waals surface area (Å²) in [6, 6.07) is 3.21. The summed E-state index contributed by atoms with van der Waals surface area (Å²) in [5, 5.41) is 5.21. The van der Waals surface area contributed by atoms with Crippen molar-refractivity contribution in [2.75, 3.05) is 33.5 Å². The van der Waals surface area contributed by atoms with Crippen molar-refractivity contribution in [1.29, 1.82) is 0 Å². The Morgan fingerprint density at radius 2 is 1.90 bits per heavy atom. The fourth-order valence-corrected chi connectivity index (χ4v) is 3.17. The molecule has 8 heteroatoms. The van der Waals surface area contributed by atoms with Crippen LogP contribution in [0.15, 0.2) is 21.5 Å². The van der Waals surface area contributed by atoms with Crippen LogP contribution < -0.4 is 9.88 Å². The van der Waals surface area contributed by atoms with Gasteiger partial charge in [-0.05, 0) is 24.6 Å². The van der Waals surface area contributed by atoms with E-state index in [-0.39, 0.29) is 10.6 Å². The minimum absolute atomic E-state index is 0.0188. The van der Waals surface area contributed by atoms with E-state index >= 15 is 0 Å². The molecule has 0 atom stereocenters. The summed E-state index contributed by atoms with van der Waals surface area (Å²) < 4.78 is 39.6. The molecule has 0 amide bonds. The molecule has 21 heavy (non-hydrogen) atoms. The van der Waals surface area contributed by atoms with E-state index in [0.717, 1.165) is 0 Å². The van der Waals surface area contributed by atoms with Gasteiger partial charge in [0.1, 0.15) is 10.6 Å². The third kappa shape index (κ3) is 6.31. The second kappa shape index (κ2) is 8.70. The molecule has 0 spiro atoms. The van der Waals surface area contributed by atoms with Crippen molar-refractivity contribution >= 4 is 26.0 Å². The van der Waals surface area contributed by atoms with Crippen LogP contribution in [0.2, 0.25) is 0 Å². The predicted molar refractivity (Wildman–Crippen MR) is 83.1 cm³/mol. The number of aryl methyl sites for hydroxylation is 1. The van der Waals surface area contributed by atoms with Crippen LogP contribution in [0.1, 0.15) is 12.0 Å². The lowest BCUT2D eigenvalue weighted by Crippen LogP contribution is -2.15. The molecule has 0 bridgehead atoms. The van der Waals surface area contributed by atoms with E-state index in [2.05, 4.69) is 15.9 Å². The lowest BCUT2D eigenvalue weighted by molar-refractivity contribution is 0.0642. The van der Waals surface area contributed by atoms with Crippen LogP contribution in [0.5, 0.6) is 5.75 Å². The van der Waals surface area contributed by atoms with Crippen molar-refractivity contribution in [1.82, 2.24) is 0 Å². The molecule has 0 aliphatic carbocycles. The van der Waals surface area contributed by atoms with Crippen molar-refractivity contribution in [2.45, 2.75) is 18.2 Å². The molecule has 0 radical (unpaired) electrons. The van der Waals surface area contributed by atoms with Crippen LogP contribution >= 0.6 is 15.9 Å². The summed E-state index contributed by atoms with van der Waals surface area (Å²) in [7, 11) is -2.23. The van der Waals surface area contributed by atoms with Crippen LogP contribution in [-0.4, -0.2) is 42.0 Å². The monoisotopic (exact) mass is 381 g/mol. The number of ether oxygens (including phenoxy) is 3. The quantitative estimate of drug-likeness (QED) is 0.659. The van der Waals surface area contributed by atoms with Crippen molar-refractivity contribution in [3.05, 3.63) is 22.2 Å². The number of primary sulfonamides is 1. The van der Waals surface area contributed by atoms with Gasteiger partial charge in [0.05, 0.1) is 19.8 Å². The Bertz CT molecular complexity index is 562. The van der Waals surface area contributed by atoms with E-state index in [9.17, 15) is 8.42 Å². The number of nitrogens with two attached hydrogens (primary N) is 1. The van der Waals surface area contributed by atoms with Gasteiger partial charge in [-0.25, -0.2) is 13.6 Å². The van der Waals surface area contributed by atoms with Crippen molar-refractivity contribution in [3.63, 3.8) is 0 Å². The molecular formula is C13H20BrNO5S. The van der Waals surface area contributed by atoms with Crippen LogP contribution in [0.4, 0.5) is 0 Å². The van der Waals surface area contributed by atoms with E-state index in [1.165, 1.54) is 6.07 Å². The lowest BCUT2D eigenvalue weighted by atomic mass is 10.2. The molecule has 6 nitrogen and oxygen atoms in total. The largest absolute Gasteiger partial charge is 0.492 e. The summed E-state index contributed by atoms with van der Waals surface area (Å²) in [5.41, 5.74) is 0.703. The molecule has 0 heterocycles. The number of sulfonamides is 1. The Labute approximate surface area is 133 Å². The van der Waals surface area contributed by atoms with Gasteiger partial charge < -0.3 is 14.2 Å². The Morgan fingerprint density at radius 1 is 1.19 bits per heavy atom. The average molecular weight is 382 g/mol. The maximum atomic E-state index is 11.6. The van der Waals surface area contributed by atoms with Gasteiger partial charge in [0.25, 0.3) is 0 Å². The first-order chi connectivity index (χ1) is 9.86. The summed E-state index contributed by atoms with van der Waals surface area (Å²) in [4.78, 5) is -0.0188. The number of rotatable bonds is 9. The summed E-state index contributed by atoms with van der Waals surface area (Å²) in [6.45, 7) is 3.70. The summed E-state index contributed by atoms with van der Waals surface area (Å²) >= 11 is 3.25. The minimum atomic E-state index is -3.84. The molecule has 2 N–H and O–H groups in total.